The van der Waals surface area contributed by atoms with Crippen molar-refractivity contribution in [2.45, 2.75) is 56.6 Å². The molecule has 0 atom stereocenters. The van der Waals surface area contributed by atoms with Crippen molar-refractivity contribution in [1.29, 1.82) is 0 Å². The number of anilines is 1. The third kappa shape index (κ3) is 5.63. The van der Waals surface area contributed by atoms with Crippen LogP contribution in [0.25, 0.3) is 0 Å². The molecule has 0 bridgehead atoms. The van der Waals surface area contributed by atoms with Crippen LogP contribution in [0.5, 0.6) is 17.2 Å². The smallest absolute Gasteiger partial charge is 0.242 e. The maximum atomic E-state index is 12.6. The number of benzene rings is 1. The number of aromatic nitrogens is 1. The molecule has 2 heterocycles. The molecule has 0 unspecified atom stereocenters. The molecule has 1 saturated heterocycles. The number of pyridine rings is 1. The van der Waals surface area contributed by atoms with Crippen LogP contribution in [0.3, 0.4) is 0 Å². The standard InChI is InChI=1S/C23H33N3O5S/c1-5-17(6-2)25-32(27,28)19-10-11-22(24-16-19)26-14-12-18(13-15-26)31-23-20(29-3)8-7-9-21(23)30-4/h7-11,16-18,25H,5-6,12-15H2,1-4H3. The molecule has 0 spiro atoms. The van der Waals surface area contributed by atoms with Crippen LogP contribution in [0.2, 0.25) is 0 Å². The van der Waals surface area contributed by atoms with Crippen molar-refractivity contribution in [3.8, 4) is 17.2 Å². The maximum absolute atomic E-state index is 12.6. The number of nitrogens with one attached hydrogen (secondary N) is 1. The average molecular weight is 464 g/mol. The molecule has 0 saturated carbocycles. The molecule has 9 heteroatoms. The summed E-state index contributed by atoms with van der Waals surface area (Å²) < 4.78 is 44.9. The van der Waals surface area contributed by atoms with E-state index in [0.717, 1.165) is 44.6 Å². The number of hydrogen-bond acceptors (Lipinski definition) is 7. The minimum Gasteiger partial charge on any atom is -0.493 e. The Morgan fingerprint density at radius 3 is 2.19 bits per heavy atom. The van der Waals surface area contributed by atoms with Crippen molar-refractivity contribution in [3.63, 3.8) is 0 Å². The lowest BCUT2D eigenvalue weighted by molar-refractivity contribution is 0.158. The summed E-state index contributed by atoms with van der Waals surface area (Å²) in [6.45, 7) is 5.45. The molecule has 0 amide bonds. The zero-order valence-corrected chi connectivity index (χ0v) is 20.0. The lowest BCUT2D eigenvalue weighted by atomic mass is 10.1. The third-order valence-corrected chi connectivity index (χ3v) is 7.28. The number of nitrogens with zero attached hydrogens (tertiary/aromatic N) is 2. The van der Waals surface area contributed by atoms with Gasteiger partial charge in [-0.25, -0.2) is 18.1 Å². The van der Waals surface area contributed by atoms with Gasteiger partial charge in [-0.1, -0.05) is 19.9 Å². The van der Waals surface area contributed by atoms with E-state index in [0.29, 0.717) is 17.2 Å². The highest BCUT2D eigenvalue weighted by Gasteiger charge is 2.25. The normalized spacial score (nSPS) is 15.1. The summed E-state index contributed by atoms with van der Waals surface area (Å²) in [5.41, 5.74) is 0. The SMILES string of the molecule is CCC(CC)NS(=O)(=O)c1ccc(N2CCC(Oc3c(OC)cccc3OC)CC2)nc1. The van der Waals surface area contributed by atoms with Crippen molar-refractivity contribution in [3.05, 3.63) is 36.5 Å². The van der Waals surface area contributed by atoms with Gasteiger partial charge >= 0.3 is 0 Å². The predicted octanol–water partition coefficient (Wildman–Crippen LogP) is 3.61. The Hall–Kier alpha value is -2.52. The highest BCUT2D eigenvalue weighted by Crippen LogP contribution is 2.38. The van der Waals surface area contributed by atoms with Crippen LogP contribution in [-0.4, -0.2) is 52.9 Å². The monoisotopic (exact) mass is 463 g/mol. The number of hydrogen-bond donors (Lipinski definition) is 1. The zero-order chi connectivity index (χ0) is 23.1. The Kier molecular flexibility index (Phi) is 8.20. The van der Waals surface area contributed by atoms with Gasteiger partial charge in [0.05, 0.1) is 14.2 Å². The van der Waals surface area contributed by atoms with Gasteiger partial charge in [0.15, 0.2) is 11.5 Å². The van der Waals surface area contributed by atoms with Crippen LogP contribution >= 0.6 is 0 Å². The molecule has 1 aliphatic rings. The fraction of sp³-hybridized carbons (Fsp3) is 0.522. The fourth-order valence-electron chi connectivity index (χ4n) is 3.76. The van der Waals surface area contributed by atoms with Crippen LogP contribution in [0, 0.1) is 0 Å². The third-order valence-electron chi connectivity index (χ3n) is 5.77. The van der Waals surface area contributed by atoms with Gasteiger partial charge in [-0.15, -0.1) is 0 Å². The number of ether oxygens (including phenoxy) is 3. The van der Waals surface area contributed by atoms with E-state index in [4.69, 9.17) is 14.2 Å². The lowest BCUT2D eigenvalue weighted by Crippen LogP contribution is -2.39. The molecule has 0 radical (unpaired) electrons. The van der Waals surface area contributed by atoms with Gasteiger partial charge in [0.1, 0.15) is 16.8 Å². The summed E-state index contributed by atoms with van der Waals surface area (Å²) in [5.74, 6) is 2.67. The van der Waals surface area contributed by atoms with Gasteiger partial charge in [-0.05, 0) is 37.1 Å². The fourth-order valence-corrected chi connectivity index (χ4v) is 5.11. The minimum atomic E-state index is -3.56. The molecule has 8 nitrogen and oxygen atoms in total. The summed E-state index contributed by atoms with van der Waals surface area (Å²) >= 11 is 0. The van der Waals surface area contributed by atoms with E-state index in [9.17, 15) is 8.42 Å². The van der Waals surface area contributed by atoms with Gasteiger partial charge in [0.25, 0.3) is 0 Å². The number of methoxy groups -OCH3 is 2. The largest absolute Gasteiger partial charge is 0.493 e. The number of piperidine rings is 1. The second-order valence-corrected chi connectivity index (χ2v) is 9.50. The van der Waals surface area contributed by atoms with E-state index in [1.165, 1.54) is 6.20 Å². The van der Waals surface area contributed by atoms with Crippen LogP contribution in [0.15, 0.2) is 41.4 Å². The Bertz CT molecular complexity index is 947. The molecule has 1 aromatic carbocycles. The van der Waals surface area contributed by atoms with Crippen molar-refractivity contribution >= 4 is 15.8 Å². The van der Waals surface area contributed by atoms with Crippen molar-refractivity contribution in [1.82, 2.24) is 9.71 Å². The van der Waals surface area contributed by atoms with Gasteiger partial charge < -0.3 is 19.1 Å². The summed E-state index contributed by atoms with van der Waals surface area (Å²) in [6.07, 6.45) is 4.57. The lowest BCUT2D eigenvalue weighted by Gasteiger charge is -2.33. The van der Waals surface area contributed by atoms with Crippen LogP contribution in [0.1, 0.15) is 39.5 Å². The molecular weight excluding hydrogens is 430 g/mol. The predicted molar refractivity (Wildman–Crippen MR) is 124 cm³/mol. The summed E-state index contributed by atoms with van der Waals surface area (Å²) in [4.78, 5) is 6.75. The van der Waals surface area contributed by atoms with E-state index in [2.05, 4.69) is 14.6 Å². The Balaban J connectivity index is 1.61. The molecular formula is C23H33N3O5S. The molecule has 32 heavy (non-hydrogen) atoms. The number of para-hydroxylation sites is 1. The average Bonchev–Trinajstić information content (AvgIpc) is 2.83. The van der Waals surface area contributed by atoms with Crippen molar-refractivity contribution in [2.24, 2.45) is 0 Å². The summed E-state index contributed by atoms with van der Waals surface area (Å²) in [6, 6.07) is 8.89. The van der Waals surface area contributed by atoms with E-state index < -0.39 is 10.0 Å². The molecule has 1 N–H and O–H groups in total. The van der Waals surface area contributed by atoms with Gasteiger partial charge in [-0.2, -0.15) is 0 Å². The van der Waals surface area contributed by atoms with Crippen LogP contribution in [-0.2, 0) is 10.0 Å². The second-order valence-electron chi connectivity index (χ2n) is 7.78. The van der Waals surface area contributed by atoms with E-state index >= 15 is 0 Å². The van der Waals surface area contributed by atoms with Crippen LogP contribution in [0.4, 0.5) is 5.82 Å². The minimum absolute atomic E-state index is 0.0281. The Labute approximate surface area is 190 Å². The molecule has 1 aromatic heterocycles. The van der Waals surface area contributed by atoms with E-state index in [-0.39, 0.29) is 17.0 Å². The second kappa shape index (κ2) is 10.9. The van der Waals surface area contributed by atoms with E-state index in [1.807, 2.05) is 32.0 Å². The summed E-state index contributed by atoms with van der Waals surface area (Å²) in [5, 5.41) is 0. The van der Waals surface area contributed by atoms with Gasteiger partial charge in [-0.3, -0.25) is 0 Å². The van der Waals surface area contributed by atoms with E-state index in [1.54, 1.807) is 26.4 Å². The first-order valence-corrected chi connectivity index (χ1v) is 12.5. The number of rotatable bonds is 10. The molecule has 1 fully saturated rings. The Morgan fingerprint density at radius 1 is 1.06 bits per heavy atom. The highest BCUT2D eigenvalue weighted by atomic mass is 32.2. The first-order chi connectivity index (χ1) is 15.4. The molecule has 3 rings (SSSR count). The summed E-state index contributed by atoms with van der Waals surface area (Å²) in [7, 11) is -0.340. The zero-order valence-electron chi connectivity index (χ0n) is 19.2. The topological polar surface area (TPSA) is 90.0 Å². The maximum Gasteiger partial charge on any atom is 0.242 e. The number of sulfonamides is 1. The van der Waals surface area contributed by atoms with Crippen molar-refractivity contribution in [2.75, 3.05) is 32.2 Å². The molecule has 176 valence electrons. The molecule has 0 aliphatic carbocycles. The van der Waals surface area contributed by atoms with Gasteiger partial charge in [0, 0.05) is 38.2 Å². The molecule has 1 aliphatic heterocycles. The van der Waals surface area contributed by atoms with Crippen LogP contribution < -0.4 is 23.8 Å². The highest BCUT2D eigenvalue weighted by molar-refractivity contribution is 7.89. The first-order valence-electron chi connectivity index (χ1n) is 11.0. The van der Waals surface area contributed by atoms with Gasteiger partial charge in [0.2, 0.25) is 15.8 Å². The first kappa shape index (κ1) is 24.1. The molecule has 2 aromatic rings. The van der Waals surface area contributed by atoms with Crippen molar-refractivity contribution < 1.29 is 22.6 Å². The quantitative estimate of drug-likeness (QED) is 0.576. The Morgan fingerprint density at radius 2 is 1.69 bits per heavy atom.